The summed E-state index contributed by atoms with van der Waals surface area (Å²) >= 11 is 3.59. The summed E-state index contributed by atoms with van der Waals surface area (Å²) in [6.07, 6.45) is 3.41. The van der Waals surface area contributed by atoms with Crippen LogP contribution < -0.4 is 15.0 Å². The van der Waals surface area contributed by atoms with Gasteiger partial charge in [0.25, 0.3) is 0 Å². The van der Waals surface area contributed by atoms with Crippen LogP contribution in [-0.2, 0) is 11.2 Å². The average molecular weight is 504 g/mol. The number of halogens is 3. The molecule has 160 valence electrons. The number of fused-ring (bicyclic) bond motifs is 1. The molecule has 29 heavy (non-hydrogen) atoms. The van der Waals surface area contributed by atoms with Crippen molar-refractivity contribution in [3.63, 3.8) is 0 Å². The van der Waals surface area contributed by atoms with E-state index < -0.39 is 0 Å². The van der Waals surface area contributed by atoms with Gasteiger partial charge in [-0.1, -0.05) is 22.0 Å². The molecule has 1 N–H and O–H groups in total. The molecule has 0 radical (unpaired) electrons. The Morgan fingerprint density at radius 3 is 2.69 bits per heavy atom. The molecule has 0 amide bonds. The largest absolute Gasteiger partial charge is 0.497 e. The predicted molar refractivity (Wildman–Crippen MR) is 127 cm³/mol. The molecule has 1 fully saturated rings. The molecule has 4 rings (SSSR count). The zero-order chi connectivity index (χ0) is 18.6. The number of benzene rings is 2. The van der Waals surface area contributed by atoms with Crippen LogP contribution in [0.4, 0.5) is 5.69 Å². The van der Waals surface area contributed by atoms with E-state index in [1.54, 1.807) is 7.11 Å². The van der Waals surface area contributed by atoms with Crippen molar-refractivity contribution < 1.29 is 9.47 Å². The summed E-state index contributed by atoms with van der Waals surface area (Å²) in [6.45, 7) is 3.92. The van der Waals surface area contributed by atoms with Gasteiger partial charge in [-0.3, -0.25) is 0 Å². The van der Waals surface area contributed by atoms with Crippen LogP contribution in [0, 0.1) is 0 Å². The van der Waals surface area contributed by atoms with Crippen LogP contribution in [0.3, 0.4) is 0 Å². The van der Waals surface area contributed by atoms with Crippen LogP contribution in [0.2, 0.25) is 0 Å². The third-order valence-corrected chi connectivity index (χ3v) is 6.11. The second-order valence-corrected chi connectivity index (χ2v) is 8.24. The molecule has 7 heteroatoms. The highest BCUT2D eigenvalue weighted by Gasteiger charge is 2.24. The third kappa shape index (κ3) is 6.02. The van der Waals surface area contributed by atoms with Gasteiger partial charge in [-0.15, -0.1) is 24.8 Å². The quantitative estimate of drug-likeness (QED) is 0.609. The molecule has 2 aromatic rings. The van der Waals surface area contributed by atoms with Crippen LogP contribution in [0.1, 0.15) is 30.1 Å². The SMILES string of the molecule is COc1ccc(N2CCNC(CCC3OCCc4cc(Br)ccc43)C2)cc1.Cl.Cl. The van der Waals surface area contributed by atoms with E-state index in [1.807, 2.05) is 12.1 Å². The van der Waals surface area contributed by atoms with Gasteiger partial charge in [0.05, 0.1) is 19.8 Å². The fourth-order valence-corrected chi connectivity index (χ4v) is 4.55. The monoisotopic (exact) mass is 502 g/mol. The number of nitrogens with one attached hydrogen (secondary N) is 1. The molecule has 0 bridgehead atoms. The lowest BCUT2D eigenvalue weighted by Gasteiger charge is -2.36. The van der Waals surface area contributed by atoms with Gasteiger partial charge in [-0.25, -0.2) is 0 Å². The Morgan fingerprint density at radius 1 is 1.14 bits per heavy atom. The predicted octanol–water partition coefficient (Wildman–Crippen LogP) is 5.17. The normalized spacial score (nSPS) is 20.8. The standard InChI is InChI=1S/C22H27BrN2O2.2ClH/c1-26-20-6-4-19(5-7-20)25-12-11-24-18(15-25)3-9-22-21-8-2-17(23)14-16(21)10-13-27-22;;/h2,4-8,14,18,22,24H,3,9-13,15H2,1H3;2*1H. The summed E-state index contributed by atoms with van der Waals surface area (Å²) < 4.78 is 12.5. The summed E-state index contributed by atoms with van der Waals surface area (Å²) in [4.78, 5) is 2.47. The highest BCUT2D eigenvalue weighted by atomic mass is 79.9. The van der Waals surface area contributed by atoms with E-state index >= 15 is 0 Å². The summed E-state index contributed by atoms with van der Waals surface area (Å²) in [5, 5.41) is 3.68. The van der Waals surface area contributed by atoms with Crippen LogP contribution in [0.5, 0.6) is 5.75 Å². The number of piperazine rings is 1. The van der Waals surface area contributed by atoms with Crippen molar-refractivity contribution in [3.8, 4) is 5.75 Å². The lowest BCUT2D eigenvalue weighted by molar-refractivity contribution is 0.0332. The minimum atomic E-state index is 0. The van der Waals surface area contributed by atoms with Crippen molar-refractivity contribution in [2.24, 2.45) is 0 Å². The first-order valence-electron chi connectivity index (χ1n) is 9.75. The van der Waals surface area contributed by atoms with E-state index in [-0.39, 0.29) is 30.9 Å². The fourth-order valence-electron chi connectivity index (χ4n) is 4.14. The molecule has 2 atom stereocenters. The van der Waals surface area contributed by atoms with E-state index in [1.165, 1.54) is 16.8 Å². The van der Waals surface area contributed by atoms with Crippen molar-refractivity contribution >= 4 is 46.4 Å². The molecule has 0 aliphatic carbocycles. The van der Waals surface area contributed by atoms with E-state index in [2.05, 4.69) is 56.5 Å². The van der Waals surface area contributed by atoms with Gasteiger partial charge >= 0.3 is 0 Å². The van der Waals surface area contributed by atoms with Crippen LogP contribution >= 0.6 is 40.7 Å². The Hall–Kier alpha value is -0.980. The minimum absolute atomic E-state index is 0. The summed E-state index contributed by atoms with van der Waals surface area (Å²) in [7, 11) is 1.71. The Kier molecular flexibility index (Phi) is 9.57. The molecule has 0 saturated carbocycles. The zero-order valence-electron chi connectivity index (χ0n) is 16.6. The molecule has 2 heterocycles. The molecule has 1 saturated heterocycles. The van der Waals surface area contributed by atoms with Gasteiger partial charge < -0.3 is 19.7 Å². The summed E-state index contributed by atoms with van der Waals surface area (Å²) in [5.41, 5.74) is 4.07. The summed E-state index contributed by atoms with van der Waals surface area (Å²) in [5.74, 6) is 0.908. The van der Waals surface area contributed by atoms with Gasteiger partial charge in [0.1, 0.15) is 5.75 Å². The number of ether oxygens (including phenoxy) is 2. The highest BCUT2D eigenvalue weighted by Crippen LogP contribution is 2.33. The molecular weight excluding hydrogens is 475 g/mol. The molecule has 0 aromatic heterocycles. The molecule has 2 aliphatic rings. The molecular formula is C22H29BrCl2N2O2. The summed E-state index contributed by atoms with van der Waals surface area (Å²) in [6, 6.07) is 15.5. The smallest absolute Gasteiger partial charge is 0.119 e. The lowest BCUT2D eigenvalue weighted by Crippen LogP contribution is -2.50. The number of nitrogens with zero attached hydrogens (tertiary/aromatic N) is 1. The number of hydrogen-bond donors (Lipinski definition) is 1. The van der Waals surface area contributed by atoms with Crippen LogP contribution in [0.25, 0.3) is 0 Å². The molecule has 2 aliphatic heterocycles. The first-order valence-corrected chi connectivity index (χ1v) is 10.5. The van der Waals surface area contributed by atoms with Gasteiger partial charge in [0, 0.05) is 35.8 Å². The molecule has 2 aromatic carbocycles. The van der Waals surface area contributed by atoms with Crippen LogP contribution in [-0.4, -0.2) is 39.4 Å². The van der Waals surface area contributed by atoms with Crippen molar-refractivity contribution in [1.82, 2.24) is 5.32 Å². The van der Waals surface area contributed by atoms with Gasteiger partial charge in [0.15, 0.2) is 0 Å². The van der Waals surface area contributed by atoms with E-state index in [9.17, 15) is 0 Å². The maximum atomic E-state index is 6.10. The Labute approximate surface area is 194 Å². The minimum Gasteiger partial charge on any atom is -0.497 e. The topological polar surface area (TPSA) is 33.7 Å². The molecule has 0 spiro atoms. The lowest BCUT2D eigenvalue weighted by atomic mass is 9.93. The number of anilines is 1. The van der Waals surface area contributed by atoms with Gasteiger partial charge in [-0.2, -0.15) is 0 Å². The first kappa shape index (κ1) is 24.3. The van der Waals surface area contributed by atoms with Crippen LogP contribution in [0.15, 0.2) is 46.9 Å². The van der Waals surface area contributed by atoms with Gasteiger partial charge in [-0.05, 0) is 66.8 Å². The zero-order valence-corrected chi connectivity index (χ0v) is 19.8. The Bertz CT molecular complexity index is 776. The maximum absolute atomic E-state index is 6.10. The van der Waals surface area contributed by atoms with Gasteiger partial charge in [0.2, 0.25) is 0 Å². The Balaban J connectivity index is 0.00000150. The van der Waals surface area contributed by atoms with Crippen molar-refractivity contribution in [2.45, 2.75) is 31.4 Å². The van der Waals surface area contributed by atoms with Crippen molar-refractivity contribution in [3.05, 3.63) is 58.1 Å². The highest BCUT2D eigenvalue weighted by molar-refractivity contribution is 9.10. The average Bonchev–Trinajstić information content (AvgIpc) is 2.72. The number of methoxy groups -OCH3 is 1. The fraction of sp³-hybridized carbons (Fsp3) is 0.455. The maximum Gasteiger partial charge on any atom is 0.119 e. The number of rotatable bonds is 5. The second-order valence-electron chi connectivity index (χ2n) is 7.33. The van der Waals surface area contributed by atoms with Crippen molar-refractivity contribution in [1.29, 1.82) is 0 Å². The second kappa shape index (κ2) is 11.4. The Morgan fingerprint density at radius 2 is 1.93 bits per heavy atom. The molecule has 4 nitrogen and oxygen atoms in total. The van der Waals surface area contributed by atoms with Crippen molar-refractivity contribution in [2.75, 3.05) is 38.3 Å². The first-order chi connectivity index (χ1) is 13.2. The van der Waals surface area contributed by atoms with E-state index in [4.69, 9.17) is 9.47 Å². The number of hydrogen-bond acceptors (Lipinski definition) is 4. The van der Waals surface area contributed by atoms with E-state index in [0.29, 0.717) is 6.04 Å². The third-order valence-electron chi connectivity index (χ3n) is 5.61. The molecule has 2 unspecified atom stereocenters. The van der Waals surface area contributed by atoms with E-state index in [0.717, 1.165) is 55.7 Å².